The van der Waals surface area contributed by atoms with Crippen LogP contribution in [0.15, 0.2) is 52.7 Å². The zero-order chi connectivity index (χ0) is 37.5. The smallest absolute Gasteiger partial charge is 0.202 e. The molecule has 2 aliphatic carbocycles. The third-order valence-electron chi connectivity index (χ3n) is 9.61. The number of ether oxygens (including phenoxy) is 4. The largest absolute Gasteiger partial charge is 0.507 e. The van der Waals surface area contributed by atoms with Crippen molar-refractivity contribution >= 4 is 40.3 Å². The summed E-state index contributed by atoms with van der Waals surface area (Å²) in [6.07, 6.45) is -5.14. The summed E-state index contributed by atoms with van der Waals surface area (Å²) in [5, 5.41) is 57.4. The number of rotatable bonds is 8. The SMILES string of the molecule is COc1ccc(NC(=S)N/N=C(\C)[C@]2(O)Cc3c(O)c4c(c(O)c3[C@@H](O[C@H]3C[C@H](N=[N+]=[N-])[C@H](O)[C@H](C)O3)C2)C(=O)c2c(OC)cccc2C4=O)cc1. The number of nitrogens with zero attached hydrogens (tertiary/aromatic N) is 4. The molecule has 1 aliphatic heterocycles. The molecular weight excluding hydrogens is 696 g/mol. The van der Waals surface area contributed by atoms with Gasteiger partial charge >= 0.3 is 0 Å². The van der Waals surface area contributed by atoms with Crippen molar-refractivity contribution in [3.63, 3.8) is 0 Å². The third-order valence-corrected chi connectivity index (χ3v) is 9.81. The lowest BCUT2D eigenvalue weighted by atomic mass is 9.72. The zero-order valence-electron chi connectivity index (χ0n) is 28.5. The molecule has 3 aromatic carbocycles. The third kappa shape index (κ3) is 6.49. The summed E-state index contributed by atoms with van der Waals surface area (Å²) in [7, 11) is 2.89. The molecule has 17 heteroatoms. The van der Waals surface area contributed by atoms with Gasteiger partial charge in [0.05, 0.1) is 61.0 Å². The van der Waals surface area contributed by atoms with Gasteiger partial charge in [0, 0.05) is 46.6 Å². The van der Waals surface area contributed by atoms with E-state index in [4.69, 9.17) is 36.7 Å². The lowest BCUT2D eigenvalue weighted by Crippen LogP contribution is -2.49. The first-order valence-corrected chi connectivity index (χ1v) is 16.6. The van der Waals surface area contributed by atoms with Crippen molar-refractivity contribution in [1.29, 1.82) is 0 Å². The molecule has 0 radical (unpaired) electrons. The van der Waals surface area contributed by atoms with E-state index in [-0.39, 0.29) is 58.1 Å². The number of anilines is 1. The highest BCUT2D eigenvalue weighted by molar-refractivity contribution is 7.80. The number of phenolic OH excluding ortho intramolecular Hbond substituents is 2. The first kappa shape index (κ1) is 36.5. The number of ketones is 2. The summed E-state index contributed by atoms with van der Waals surface area (Å²) in [6.45, 7) is 3.08. The molecule has 6 N–H and O–H groups in total. The highest BCUT2D eigenvalue weighted by Crippen LogP contribution is 2.52. The van der Waals surface area contributed by atoms with E-state index in [0.717, 1.165) is 0 Å². The van der Waals surface area contributed by atoms with Gasteiger partial charge in [-0.2, -0.15) is 5.10 Å². The number of fused-ring (bicyclic) bond motifs is 3. The van der Waals surface area contributed by atoms with Gasteiger partial charge in [0.2, 0.25) is 5.78 Å². The molecule has 0 bridgehead atoms. The fourth-order valence-corrected chi connectivity index (χ4v) is 7.02. The van der Waals surface area contributed by atoms with Gasteiger partial charge in [0.25, 0.3) is 0 Å². The van der Waals surface area contributed by atoms with E-state index in [0.29, 0.717) is 11.4 Å². The van der Waals surface area contributed by atoms with Gasteiger partial charge in [-0.3, -0.25) is 15.0 Å². The number of hydrazone groups is 1. The monoisotopic (exact) mass is 732 g/mol. The number of nitrogens with one attached hydrogen (secondary N) is 2. The van der Waals surface area contributed by atoms with Gasteiger partial charge in [0.15, 0.2) is 17.2 Å². The number of carbonyl (C=O) groups is 2. The van der Waals surface area contributed by atoms with Gasteiger partial charge in [0.1, 0.15) is 28.6 Å². The van der Waals surface area contributed by atoms with E-state index in [9.17, 15) is 30.0 Å². The number of hydrogen-bond donors (Lipinski definition) is 6. The molecule has 0 spiro atoms. The second-order valence-corrected chi connectivity index (χ2v) is 13.1. The van der Waals surface area contributed by atoms with E-state index in [2.05, 4.69) is 25.9 Å². The number of hydrogen-bond acceptors (Lipinski definition) is 13. The van der Waals surface area contributed by atoms with Crippen LogP contribution in [0.4, 0.5) is 5.69 Å². The molecule has 6 atom stereocenters. The van der Waals surface area contributed by atoms with Crippen LogP contribution >= 0.6 is 12.2 Å². The van der Waals surface area contributed by atoms with Crippen molar-refractivity contribution in [3.8, 4) is 23.0 Å². The molecule has 3 aliphatic rings. The van der Waals surface area contributed by atoms with Crippen LogP contribution in [0, 0.1) is 0 Å². The first-order valence-electron chi connectivity index (χ1n) is 16.2. The predicted molar refractivity (Wildman–Crippen MR) is 190 cm³/mol. The van der Waals surface area contributed by atoms with E-state index in [1.165, 1.54) is 32.2 Å². The summed E-state index contributed by atoms with van der Waals surface area (Å²) in [6, 6.07) is 10.5. The van der Waals surface area contributed by atoms with E-state index < -0.39 is 70.4 Å². The van der Waals surface area contributed by atoms with Gasteiger partial charge in [-0.05, 0) is 61.9 Å². The molecule has 52 heavy (non-hydrogen) atoms. The number of aromatic hydroxyl groups is 2. The number of methoxy groups -OCH3 is 2. The Hall–Kier alpha value is -5.29. The summed E-state index contributed by atoms with van der Waals surface area (Å²) in [4.78, 5) is 30.7. The van der Waals surface area contributed by atoms with Gasteiger partial charge < -0.3 is 44.7 Å². The van der Waals surface area contributed by atoms with Crippen molar-refractivity contribution in [2.24, 2.45) is 10.2 Å². The van der Waals surface area contributed by atoms with Crippen LogP contribution in [-0.2, 0) is 15.9 Å². The second kappa shape index (κ2) is 14.4. The molecular formula is C35H36N6O10S. The molecule has 1 fully saturated rings. The molecule has 3 aromatic rings. The minimum atomic E-state index is -1.88. The number of aliphatic hydroxyl groups is 2. The molecule has 0 saturated carbocycles. The quantitative estimate of drug-likeness (QED) is 0.0284. The van der Waals surface area contributed by atoms with Crippen molar-refractivity contribution < 1.29 is 49.0 Å². The van der Waals surface area contributed by atoms with Crippen LogP contribution in [0.1, 0.15) is 75.8 Å². The number of phenols is 2. The predicted octanol–water partition coefficient (Wildman–Crippen LogP) is 4.16. The van der Waals surface area contributed by atoms with Crippen LogP contribution in [0.25, 0.3) is 10.4 Å². The minimum Gasteiger partial charge on any atom is -0.507 e. The number of thiocarbonyl (C=S) groups is 1. The molecule has 6 rings (SSSR count). The van der Waals surface area contributed by atoms with Gasteiger partial charge in [-0.25, -0.2) is 0 Å². The van der Waals surface area contributed by atoms with E-state index in [1.807, 2.05) is 0 Å². The summed E-state index contributed by atoms with van der Waals surface area (Å²) >= 11 is 5.39. The number of carbonyl (C=O) groups excluding carboxylic acids is 2. The second-order valence-electron chi connectivity index (χ2n) is 12.7. The van der Waals surface area contributed by atoms with Crippen molar-refractivity contribution in [1.82, 2.24) is 5.43 Å². The molecule has 0 unspecified atom stereocenters. The Labute approximate surface area is 302 Å². The van der Waals surface area contributed by atoms with Crippen molar-refractivity contribution in [2.75, 3.05) is 19.5 Å². The highest BCUT2D eigenvalue weighted by Gasteiger charge is 2.49. The van der Waals surface area contributed by atoms with Crippen LogP contribution in [0.5, 0.6) is 23.0 Å². The standard InChI is InChI=1S/C35H36N6O10S/c1-15-29(42)21(39-41-36)12-24(50-15)51-23-14-35(47,16(2)38-40-34(52)37-17-8-10-18(48-3)11-9-17)13-20-26(23)33(46)28-27(31(20)44)30(43)19-6-5-7-22(49-4)25(19)32(28)45/h5-11,15,21,23-24,29,42,44,46-47H,12-14H2,1-4H3,(H2,37,40,52)/b38-16+/t15-,21-,23-,24-,29+,35-/m0/s1. The van der Waals surface area contributed by atoms with Gasteiger partial charge in [-0.1, -0.05) is 17.2 Å². The summed E-state index contributed by atoms with van der Waals surface area (Å²) < 4.78 is 22.7. The molecule has 1 saturated heterocycles. The van der Waals surface area contributed by atoms with Crippen molar-refractivity contribution in [3.05, 3.63) is 86.3 Å². The van der Waals surface area contributed by atoms with Crippen molar-refractivity contribution in [2.45, 2.75) is 69.4 Å². The Morgan fingerprint density at radius 2 is 1.77 bits per heavy atom. The molecule has 1 heterocycles. The minimum absolute atomic E-state index is 0.0302. The van der Waals surface area contributed by atoms with E-state index >= 15 is 0 Å². The van der Waals surface area contributed by atoms with Crippen LogP contribution in [0.3, 0.4) is 0 Å². The fraction of sp³-hybridized carbons (Fsp3) is 0.371. The van der Waals surface area contributed by atoms with Gasteiger partial charge in [-0.15, -0.1) is 0 Å². The highest BCUT2D eigenvalue weighted by atomic mass is 32.1. The zero-order valence-corrected chi connectivity index (χ0v) is 29.3. The lowest BCUT2D eigenvalue weighted by Gasteiger charge is -2.42. The van der Waals surface area contributed by atoms with Crippen LogP contribution in [0.2, 0.25) is 0 Å². The lowest BCUT2D eigenvalue weighted by molar-refractivity contribution is -0.245. The number of aliphatic hydroxyl groups excluding tert-OH is 1. The fourth-order valence-electron chi connectivity index (χ4n) is 6.86. The normalized spacial score (nSPS) is 25.2. The Morgan fingerprint density at radius 3 is 2.44 bits per heavy atom. The maximum absolute atomic E-state index is 14.0. The van der Waals surface area contributed by atoms with Crippen LogP contribution in [-0.4, -0.2) is 87.2 Å². The molecule has 272 valence electrons. The molecule has 0 amide bonds. The average molecular weight is 733 g/mol. The molecule has 16 nitrogen and oxygen atoms in total. The Kier molecular flexibility index (Phi) is 10.1. The van der Waals surface area contributed by atoms with E-state index in [1.54, 1.807) is 38.3 Å². The first-order chi connectivity index (χ1) is 24.8. The number of azide groups is 1. The maximum Gasteiger partial charge on any atom is 0.202 e. The van der Waals surface area contributed by atoms with Crippen LogP contribution < -0.4 is 20.2 Å². The maximum atomic E-state index is 14.0. The summed E-state index contributed by atoms with van der Waals surface area (Å²) in [5.74, 6) is -1.99. The Morgan fingerprint density at radius 1 is 1.06 bits per heavy atom. The molecule has 0 aromatic heterocycles. The summed E-state index contributed by atoms with van der Waals surface area (Å²) in [5.41, 5.74) is 9.53. The topological polar surface area (TPSA) is 237 Å². The Balaban J connectivity index is 1.40. The Bertz CT molecular complexity index is 2040. The number of benzene rings is 3. The average Bonchev–Trinajstić information content (AvgIpc) is 3.12.